The van der Waals surface area contributed by atoms with E-state index < -0.39 is 10.0 Å². The fourth-order valence-corrected chi connectivity index (χ4v) is 3.11. The Labute approximate surface area is 98.9 Å². The molecule has 0 amide bonds. The van der Waals surface area contributed by atoms with Crippen LogP contribution in [0.1, 0.15) is 6.92 Å². The lowest BCUT2D eigenvalue weighted by Gasteiger charge is -2.20. The van der Waals surface area contributed by atoms with Gasteiger partial charge in [-0.3, -0.25) is 0 Å². The number of H-pyrrole nitrogens is 1. The molecule has 1 aromatic rings. The summed E-state index contributed by atoms with van der Waals surface area (Å²) >= 11 is 1.41. The molecule has 1 heterocycles. The van der Waals surface area contributed by atoms with E-state index in [1.54, 1.807) is 6.92 Å². The molecule has 2 unspecified atom stereocenters. The number of hydrogen-bond acceptors (Lipinski definition) is 5. The van der Waals surface area contributed by atoms with Gasteiger partial charge in [0.1, 0.15) is 0 Å². The second-order valence-electron chi connectivity index (χ2n) is 3.28. The highest BCUT2D eigenvalue weighted by atomic mass is 32.2. The summed E-state index contributed by atoms with van der Waals surface area (Å²) in [4.78, 5) is 6.18. The second-order valence-corrected chi connectivity index (χ2v) is 6.04. The summed E-state index contributed by atoms with van der Waals surface area (Å²) in [6.45, 7) is 1.64. The number of aliphatic hydroxyl groups excluding tert-OH is 1. The van der Waals surface area contributed by atoms with Crippen molar-refractivity contribution in [1.82, 2.24) is 14.7 Å². The Kier molecular flexibility index (Phi) is 4.78. The maximum atomic E-state index is 11.8. The molecule has 0 fully saturated rings. The van der Waals surface area contributed by atoms with Crippen LogP contribution < -0.4 is 4.72 Å². The quantitative estimate of drug-likeness (QED) is 0.662. The molecule has 6 nitrogen and oxygen atoms in total. The molecule has 1 rings (SSSR count). The lowest BCUT2D eigenvalue weighted by atomic mass is 10.3. The van der Waals surface area contributed by atoms with Gasteiger partial charge < -0.3 is 10.1 Å². The van der Waals surface area contributed by atoms with Crippen LogP contribution in [0.15, 0.2) is 17.6 Å². The third-order valence-electron chi connectivity index (χ3n) is 2.14. The van der Waals surface area contributed by atoms with Gasteiger partial charge in [0.05, 0.1) is 19.1 Å². The fraction of sp³-hybridized carbons (Fsp3) is 0.625. The number of rotatable bonds is 6. The third-order valence-corrected chi connectivity index (χ3v) is 4.79. The number of hydrogen-bond donors (Lipinski definition) is 3. The van der Waals surface area contributed by atoms with Crippen molar-refractivity contribution in [3.63, 3.8) is 0 Å². The van der Waals surface area contributed by atoms with Gasteiger partial charge in [0, 0.05) is 11.3 Å². The van der Waals surface area contributed by atoms with Crippen molar-refractivity contribution in [3.8, 4) is 0 Å². The van der Waals surface area contributed by atoms with E-state index >= 15 is 0 Å². The van der Waals surface area contributed by atoms with Gasteiger partial charge in [-0.2, -0.15) is 11.8 Å². The average molecular weight is 265 g/mol. The molecular weight excluding hydrogens is 250 g/mol. The van der Waals surface area contributed by atoms with Crippen molar-refractivity contribution in [1.29, 1.82) is 0 Å². The molecule has 1 aromatic heterocycles. The lowest BCUT2D eigenvalue weighted by molar-refractivity contribution is 0.282. The molecule has 0 aliphatic carbocycles. The number of nitrogens with zero attached hydrogens (tertiary/aromatic N) is 1. The number of nitrogens with one attached hydrogen (secondary N) is 2. The minimum absolute atomic E-state index is 0.0251. The van der Waals surface area contributed by atoms with Gasteiger partial charge in [-0.25, -0.2) is 18.1 Å². The molecule has 8 heteroatoms. The lowest BCUT2D eigenvalue weighted by Crippen LogP contribution is -2.41. The van der Waals surface area contributed by atoms with Gasteiger partial charge in [-0.05, 0) is 13.2 Å². The molecule has 0 aliphatic rings. The molecule has 0 aromatic carbocycles. The SMILES string of the molecule is CSC(CO)C(C)NS(=O)(=O)c1cnc[nH]1. The van der Waals surface area contributed by atoms with Gasteiger partial charge >= 0.3 is 0 Å². The van der Waals surface area contributed by atoms with Crippen LogP contribution in [0, 0.1) is 0 Å². The van der Waals surface area contributed by atoms with Crippen LogP contribution in [0.2, 0.25) is 0 Å². The Balaban J connectivity index is 2.74. The van der Waals surface area contributed by atoms with Gasteiger partial charge in [-0.1, -0.05) is 0 Å². The Morgan fingerprint density at radius 1 is 1.69 bits per heavy atom. The second kappa shape index (κ2) is 5.67. The van der Waals surface area contributed by atoms with Crippen LogP contribution >= 0.6 is 11.8 Å². The summed E-state index contributed by atoms with van der Waals surface area (Å²) in [5.41, 5.74) is 0. The molecule has 16 heavy (non-hydrogen) atoms. The first-order valence-corrected chi connectivity index (χ1v) is 7.42. The summed E-state index contributed by atoms with van der Waals surface area (Å²) in [6.07, 6.45) is 4.36. The maximum absolute atomic E-state index is 11.8. The molecular formula is C8H15N3O3S2. The smallest absolute Gasteiger partial charge is 0.257 e. The van der Waals surface area contributed by atoms with Gasteiger partial charge in [0.2, 0.25) is 0 Å². The molecule has 0 radical (unpaired) electrons. The summed E-state index contributed by atoms with van der Waals surface area (Å²) < 4.78 is 26.0. The first kappa shape index (κ1) is 13.5. The number of aromatic nitrogens is 2. The first-order valence-electron chi connectivity index (χ1n) is 4.65. The summed E-state index contributed by atoms with van der Waals surface area (Å²) in [6, 6.07) is -0.353. The van der Waals surface area contributed by atoms with Crippen molar-refractivity contribution in [2.45, 2.75) is 23.2 Å². The molecule has 3 N–H and O–H groups in total. The van der Waals surface area contributed by atoms with E-state index in [1.165, 1.54) is 24.3 Å². The van der Waals surface area contributed by atoms with Crippen molar-refractivity contribution < 1.29 is 13.5 Å². The van der Waals surface area contributed by atoms with Crippen LogP contribution in [0.4, 0.5) is 0 Å². The summed E-state index contributed by atoms with van der Waals surface area (Å²) in [7, 11) is -3.57. The first-order chi connectivity index (χ1) is 7.51. The van der Waals surface area contributed by atoms with Gasteiger partial charge in [0.25, 0.3) is 10.0 Å². The van der Waals surface area contributed by atoms with Crippen LogP contribution in [0.5, 0.6) is 0 Å². The monoisotopic (exact) mass is 265 g/mol. The van der Waals surface area contributed by atoms with Crippen molar-refractivity contribution in [2.24, 2.45) is 0 Å². The number of sulfonamides is 1. The topological polar surface area (TPSA) is 95.1 Å². The van der Waals surface area contributed by atoms with E-state index in [0.29, 0.717) is 0 Å². The largest absolute Gasteiger partial charge is 0.395 e. The third kappa shape index (κ3) is 3.21. The average Bonchev–Trinajstić information content (AvgIpc) is 2.71. The Hall–Kier alpha value is -0.570. The van der Waals surface area contributed by atoms with Crippen molar-refractivity contribution in [2.75, 3.05) is 12.9 Å². The molecule has 92 valence electrons. The zero-order valence-corrected chi connectivity index (χ0v) is 10.7. The van der Waals surface area contributed by atoms with E-state index in [2.05, 4.69) is 14.7 Å². The molecule has 0 saturated heterocycles. The van der Waals surface area contributed by atoms with Crippen LogP contribution in [-0.4, -0.2) is 47.6 Å². The number of aromatic amines is 1. The minimum atomic E-state index is -3.57. The van der Waals surface area contributed by atoms with Crippen LogP contribution in [-0.2, 0) is 10.0 Å². The maximum Gasteiger partial charge on any atom is 0.257 e. The summed E-state index contributed by atoms with van der Waals surface area (Å²) in [5.74, 6) is 0. The van der Waals surface area contributed by atoms with Gasteiger partial charge in [-0.15, -0.1) is 0 Å². The zero-order valence-electron chi connectivity index (χ0n) is 9.04. The number of thioether (sulfide) groups is 1. The van der Waals surface area contributed by atoms with E-state index in [-0.39, 0.29) is 22.9 Å². The van der Waals surface area contributed by atoms with E-state index in [1.807, 2.05) is 6.26 Å². The Bertz CT molecular complexity index is 400. The predicted octanol–water partition coefficient (Wildman–Crippen LogP) is -0.200. The van der Waals surface area contributed by atoms with E-state index in [4.69, 9.17) is 5.11 Å². The normalized spacial score (nSPS) is 15.9. The summed E-state index contributed by atoms with van der Waals surface area (Å²) in [5, 5.41) is 8.90. The molecule has 0 spiro atoms. The standard InChI is InChI=1S/C8H15N3O3S2/c1-6(7(4-12)15-2)11-16(13,14)8-3-9-5-10-8/h3,5-7,11-12H,4H2,1-2H3,(H,9,10). The highest BCUT2D eigenvalue weighted by Gasteiger charge is 2.23. The fourth-order valence-electron chi connectivity index (χ4n) is 1.21. The Morgan fingerprint density at radius 2 is 2.38 bits per heavy atom. The minimum Gasteiger partial charge on any atom is -0.395 e. The highest BCUT2D eigenvalue weighted by Crippen LogP contribution is 2.13. The molecule has 0 bridgehead atoms. The molecule has 0 aliphatic heterocycles. The van der Waals surface area contributed by atoms with Gasteiger partial charge in [0.15, 0.2) is 5.03 Å². The number of aliphatic hydroxyl groups is 1. The Morgan fingerprint density at radius 3 is 2.81 bits per heavy atom. The van der Waals surface area contributed by atoms with Crippen molar-refractivity contribution >= 4 is 21.8 Å². The van der Waals surface area contributed by atoms with E-state index in [0.717, 1.165) is 0 Å². The van der Waals surface area contributed by atoms with E-state index in [9.17, 15) is 8.42 Å². The zero-order chi connectivity index (χ0) is 12.2. The molecule has 2 atom stereocenters. The van der Waals surface area contributed by atoms with Crippen molar-refractivity contribution in [3.05, 3.63) is 12.5 Å². The number of imidazole rings is 1. The van der Waals surface area contributed by atoms with Crippen LogP contribution in [0.3, 0.4) is 0 Å². The molecule has 0 saturated carbocycles. The highest BCUT2D eigenvalue weighted by molar-refractivity contribution is 7.99. The predicted molar refractivity (Wildman–Crippen MR) is 62.8 cm³/mol. The van der Waals surface area contributed by atoms with Crippen LogP contribution in [0.25, 0.3) is 0 Å².